The molecule has 2 aromatic heterocycles. The monoisotopic (exact) mass is 559 g/mol. The van der Waals surface area contributed by atoms with Gasteiger partial charge in [0, 0.05) is 24.4 Å². The van der Waals surface area contributed by atoms with Crippen molar-refractivity contribution in [3.8, 4) is 5.75 Å². The van der Waals surface area contributed by atoms with Gasteiger partial charge in [-0.25, -0.2) is 9.97 Å². The van der Waals surface area contributed by atoms with Crippen molar-refractivity contribution in [2.24, 2.45) is 5.41 Å². The summed E-state index contributed by atoms with van der Waals surface area (Å²) in [5.74, 6) is 0.347. The van der Waals surface area contributed by atoms with Crippen molar-refractivity contribution in [3.63, 3.8) is 0 Å². The number of alkyl halides is 3. The summed E-state index contributed by atoms with van der Waals surface area (Å²) in [6.07, 6.45) is -1.36. The predicted octanol–water partition coefficient (Wildman–Crippen LogP) is 7.42. The number of carboxylic acids is 1. The first-order valence-electron chi connectivity index (χ1n) is 13.6. The molecule has 0 saturated heterocycles. The van der Waals surface area contributed by atoms with E-state index >= 15 is 0 Å². The maximum atomic E-state index is 13.1. The highest BCUT2D eigenvalue weighted by molar-refractivity contribution is 5.80. The number of aromatic nitrogens is 3. The minimum Gasteiger partial charge on any atom is -0.487 e. The lowest BCUT2D eigenvalue weighted by molar-refractivity contribution is -0.148. The first kappa shape index (κ1) is 26.8. The molecule has 0 amide bonds. The van der Waals surface area contributed by atoms with E-state index in [2.05, 4.69) is 4.98 Å². The van der Waals surface area contributed by atoms with E-state index in [-0.39, 0.29) is 19.6 Å². The molecule has 1 aliphatic rings. The number of aliphatic carboxylic acids is 1. The van der Waals surface area contributed by atoms with E-state index in [1.54, 1.807) is 0 Å². The highest BCUT2D eigenvalue weighted by atomic mass is 19.4. The molecule has 6 rings (SSSR count). The van der Waals surface area contributed by atoms with Crippen LogP contribution in [0.4, 0.5) is 13.2 Å². The van der Waals surface area contributed by atoms with E-state index in [9.17, 15) is 23.1 Å². The molecule has 3 aromatic carbocycles. The lowest BCUT2D eigenvalue weighted by Crippen LogP contribution is -2.31. The zero-order chi connectivity index (χ0) is 28.6. The number of carbonyl (C=O) groups is 1. The molecule has 6 nitrogen and oxygen atoms in total. The van der Waals surface area contributed by atoms with Gasteiger partial charge in [0.15, 0.2) is 0 Å². The number of carboxylic acid groups (broad SMARTS) is 1. The zero-order valence-corrected chi connectivity index (χ0v) is 22.2. The Labute approximate surface area is 234 Å². The molecule has 41 heavy (non-hydrogen) atoms. The molecule has 0 radical (unpaired) electrons. The Hall–Kier alpha value is -4.40. The lowest BCUT2D eigenvalue weighted by Gasteiger charge is -2.24. The largest absolute Gasteiger partial charge is 0.487 e. The minimum absolute atomic E-state index is 0.245. The summed E-state index contributed by atoms with van der Waals surface area (Å²) in [6.45, 7) is 0.526. The number of ether oxygens (including phenoxy) is 1. The van der Waals surface area contributed by atoms with Crippen molar-refractivity contribution in [2.45, 2.75) is 51.4 Å². The third-order valence-electron chi connectivity index (χ3n) is 7.97. The highest BCUT2D eigenvalue weighted by Crippen LogP contribution is 2.42. The van der Waals surface area contributed by atoms with Crippen LogP contribution in [0.2, 0.25) is 0 Å². The van der Waals surface area contributed by atoms with Crippen LogP contribution in [0.1, 0.15) is 48.3 Å². The molecule has 9 heteroatoms. The molecule has 0 bridgehead atoms. The van der Waals surface area contributed by atoms with Crippen molar-refractivity contribution in [3.05, 3.63) is 102 Å². The Bertz CT molecular complexity index is 1720. The van der Waals surface area contributed by atoms with Gasteiger partial charge >= 0.3 is 12.1 Å². The first-order valence-corrected chi connectivity index (χ1v) is 13.6. The minimum atomic E-state index is -4.42. The molecular formula is C32H28F3N3O3. The van der Waals surface area contributed by atoms with Crippen LogP contribution in [-0.4, -0.2) is 25.6 Å². The van der Waals surface area contributed by atoms with Crippen LogP contribution in [0.25, 0.3) is 21.9 Å². The SMILES string of the molecule is O=C(O)C1(Cc2nc3cc(OCc4ccc5ccccc5n4)ccc3n2Cc2ccc(C(F)(F)F)cc2)CCCC1. The Morgan fingerprint density at radius 1 is 0.927 bits per heavy atom. The average Bonchev–Trinajstić information content (AvgIpc) is 3.57. The number of rotatable bonds is 8. The number of hydrogen-bond acceptors (Lipinski definition) is 4. The standard InChI is InChI=1S/C32H28F3N3O3/c33-32(34,35)23-10-7-21(8-11-23)19-38-28-14-13-25(41-20-24-12-9-22-5-1-2-6-26(22)36-24)17-27(28)37-29(38)18-31(30(39)40)15-3-4-16-31/h1-2,5-14,17H,3-4,15-16,18-20H2,(H,39,40). The van der Waals surface area contributed by atoms with E-state index in [0.717, 1.165) is 47.1 Å². The Kier molecular flexibility index (Phi) is 6.89. The maximum absolute atomic E-state index is 13.1. The van der Waals surface area contributed by atoms with Gasteiger partial charge in [0.2, 0.25) is 0 Å². The summed E-state index contributed by atoms with van der Waals surface area (Å²) in [7, 11) is 0. The molecule has 1 saturated carbocycles. The third-order valence-corrected chi connectivity index (χ3v) is 7.97. The molecule has 1 aliphatic carbocycles. The smallest absolute Gasteiger partial charge is 0.416 e. The first-order chi connectivity index (χ1) is 19.7. The number of nitrogens with zero attached hydrogens (tertiary/aromatic N) is 3. The molecule has 0 unspecified atom stereocenters. The molecular weight excluding hydrogens is 531 g/mol. The summed E-state index contributed by atoms with van der Waals surface area (Å²) in [5, 5.41) is 11.2. The molecule has 2 heterocycles. The second-order valence-electron chi connectivity index (χ2n) is 10.7. The van der Waals surface area contributed by atoms with Crippen molar-refractivity contribution in [1.82, 2.24) is 14.5 Å². The Morgan fingerprint density at radius 2 is 1.68 bits per heavy atom. The highest BCUT2D eigenvalue weighted by Gasteiger charge is 2.42. The topological polar surface area (TPSA) is 77.2 Å². The van der Waals surface area contributed by atoms with Gasteiger partial charge in [0.25, 0.3) is 0 Å². The van der Waals surface area contributed by atoms with E-state index in [4.69, 9.17) is 9.72 Å². The summed E-state index contributed by atoms with van der Waals surface area (Å²) in [4.78, 5) is 21.8. The lowest BCUT2D eigenvalue weighted by atomic mass is 9.82. The van der Waals surface area contributed by atoms with Crippen molar-refractivity contribution < 1.29 is 27.8 Å². The number of hydrogen-bond donors (Lipinski definition) is 1. The van der Waals surface area contributed by atoms with Crippen LogP contribution in [0.3, 0.4) is 0 Å². The molecule has 1 N–H and O–H groups in total. The fourth-order valence-corrected chi connectivity index (χ4v) is 5.71. The van der Waals surface area contributed by atoms with Gasteiger partial charge in [-0.2, -0.15) is 13.2 Å². The second-order valence-corrected chi connectivity index (χ2v) is 10.7. The van der Waals surface area contributed by atoms with Crippen LogP contribution < -0.4 is 4.74 Å². The summed E-state index contributed by atoms with van der Waals surface area (Å²) < 4.78 is 47.3. The number of pyridine rings is 1. The van der Waals surface area contributed by atoms with Gasteiger partial charge in [0.05, 0.1) is 33.2 Å². The van der Waals surface area contributed by atoms with Crippen LogP contribution >= 0.6 is 0 Å². The van der Waals surface area contributed by atoms with Gasteiger partial charge in [-0.3, -0.25) is 4.79 Å². The second kappa shape index (κ2) is 10.5. The van der Waals surface area contributed by atoms with E-state index in [1.807, 2.05) is 59.2 Å². The van der Waals surface area contributed by atoms with Crippen LogP contribution in [-0.2, 0) is 30.5 Å². The fraction of sp³-hybridized carbons (Fsp3) is 0.281. The quantitative estimate of drug-likeness (QED) is 0.214. The van der Waals surface area contributed by atoms with E-state index < -0.39 is 23.1 Å². The van der Waals surface area contributed by atoms with Crippen LogP contribution in [0, 0.1) is 5.41 Å². The van der Waals surface area contributed by atoms with Crippen molar-refractivity contribution in [1.29, 1.82) is 0 Å². The summed E-state index contributed by atoms with van der Waals surface area (Å²) >= 11 is 0. The molecule has 1 fully saturated rings. The van der Waals surface area contributed by atoms with Gasteiger partial charge in [0.1, 0.15) is 18.2 Å². The number of para-hydroxylation sites is 1. The fourth-order valence-electron chi connectivity index (χ4n) is 5.71. The average molecular weight is 560 g/mol. The predicted molar refractivity (Wildman–Crippen MR) is 149 cm³/mol. The van der Waals surface area contributed by atoms with E-state index in [1.165, 1.54) is 12.1 Å². The normalized spacial score (nSPS) is 15.0. The van der Waals surface area contributed by atoms with E-state index in [0.29, 0.717) is 35.5 Å². The van der Waals surface area contributed by atoms with Gasteiger partial charge in [-0.05, 0) is 54.8 Å². The Balaban J connectivity index is 1.31. The van der Waals surface area contributed by atoms with Gasteiger partial charge < -0.3 is 14.4 Å². The molecule has 0 spiro atoms. The van der Waals surface area contributed by atoms with Crippen molar-refractivity contribution >= 4 is 27.9 Å². The Morgan fingerprint density at radius 3 is 2.41 bits per heavy atom. The van der Waals surface area contributed by atoms with Crippen LogP contribution in [0.15, 0.2) is 78.9 Å². The number of halogens is 3. The van der Waals surface area contributed by atoms with Gasteiger partial charge in [-0.1, -0.05) is 49.2 Å². The summed E-state index contributed by atoms with van der Waals surface area (Å²) in [5.41, 5.74) is 2.11. The summed E-state index contributed by atoms with van der Waals surface area (Å²) in [6, 6.07) is 22.3. The third kappa shape index (κ3) is 5.49. The molecule has 210 valence electrons. The van der Waals surface area contributed by atoms with Gasteiger partial charge in [-0.15, -0.1) is 0 Å². The number of imidazole rings is 1. The maximum Gasteiger partial charge on any atom is 0.416 e. The molecule has 0 aliphatic heterocycles. The van der Waals surface area contributed by atoms with Crippen molar-refractivity contribution in [2.75, 3.05) is 0 Å². The van der Waals surface area contributed by atoms with Crippen LogP contribution in [0.5, 0.6) is 5.75 Å². The number of benzene rings is 3. The number of fused-ring (bicyclic) bond motifs is 2. The molecule has 5 aromatic rings. The molecule has 0 atom stereocenters. The zero-order valence-electron chi connectivity index (χ0n) is 22.2.